The van der Waals surface area contributed by atoms with Gasteiger partial charge in [0.2, 0.25) is 5.91 Å². The van der Waals surface area contributed by atoms with Crippen LogP contribution in [0.5, 0.6) is 5.75 Å². The zero-order chi connectivity index (χ0) is 23.1. The second-order valence-electron chi connectivity index (χ2n) is 6.58. The van der Waals surface area contributed by atoms with Crippen molar-refractivity contribution in [2.24, 2.45) is 0 Å². The molecule has 0 saturated heterocycles. The number of amides is 1. The number of nitrogens with one attached hydrogen (secondary N) is 1. The Morgan fingerprint density at radius 1 is 0.875 bits per heavy atom. The zero-order valence-electron chi connectivity index (χ0n) is 17.5. The van der Waals surface area contributed by atoms with E-state index in [2.05, 4.69) is 5.32 Å². The van der Waals surface area contributed by atoms with E-state index in [0.717, 1.165) is 4.31 Å². The Hall–Kier alpha value is -3.85. The van der Waals surface area contributed by atoms with Crippen LogP contribution in [-0.2, 0) is 19.6 Å². The van der Waals surface area contributed by atoms with E-state index in [0.29, 0.717) is 0 Å². The van der Waals surface area contributed by atoms with E-state index < -0.39 is 28.4 Å². The van der Waals surface area contributed by atoms with E-state index in [-0.39, 0.29) is 27.6 Å². The van der Waals surface area contributed by atoms with Crippen molar-refractivity contribution < 1.29 is 27.5 Å². The van der Waals surface area contributed by atoms with Crippen LogP contribution < -0.4 is 14.4 Å². The summed E-state index contributed by atoms with van der Waals surface area (Å²) < 4.78 is 37.9. The van der Waals surface area contributed by atoms with Crippen molar-refractivity contribution >= 4 is 33.3 Å². The maximum absolute atomic E-state index is 13.4. The molecule has 3 aromatic rings. The molecule has 0 heterocycles. The summed E-state index contributed by atoms with van der Waals surface area (Å²) in [5.41, 5.74) is 0.565. The van der Waals surface area contributed by atoms with Crippen molar-refractivity contribution in [2.75, 3.05) is 30.4 Å². The first kappa shape index (κ1) is 22.8. The van der Waals surface area contributed by atoms with Crippen LogP contribution >= 0.6 is 0 Å². The number of carbonyl (C=O) groups excluding carboxylic acids is 2. The van der Waals surface area contributed by atoms with Gasteiger partial charge in [-0.25, -0.2) is 13.2 Å². The van der Waals surface area contributed by atoms with Gasteiger partial charge in [0, 0.05) is 0 Å². The van der Waals surface area contributed by atoms with Crippen LogP contribution in [0.4, 0.5) is 11.4 Å². The third kappa shape index (κ3) is 4.89. The highest BCUT2D eigenvalue weighted by molar-refractivity contribution is 7.92. The first-order chi connectivity index (χ1) is 15.4. The molecule has 0 bridgehead atoms. The average molecular weight is 455 g/mol. The lowest BCUT2D eigenvalue weighted by atomic mass is 10.2. The largest absolute Gasteiger partial charge is 0.495 e. The van der Waals surface area contributed by atoms with Crippen LogP contribution in [0.3, 0.4) is 0 Å². The molecule has 0 aromatic heterocycles. The van der Waals surface area contributed by atoms with Crippen molar-refractivity contribution in [2.45, 2.75) is 4.90 Å². The molecule has 8 nitrogen and oxygen atoms in total. The normalized spacial score (nSPS) is 10.8. The Kier molecular flexibility index (Phi) is 7.11. The number of para-hydroxylation sites is 3. The third-order valence-corrected chi connectivity index (χ3v) is 6.35. The Morgan fingerprint density at radius 3 is 2.19 bits per heavy atom. The van der Waals surface area contributed by atoms with Gasteiger partial charge in [0.05, 0.1) is 36.1 Å². The number of methoxy groups -OCH3 is 2. The van der Waals surface area contributed by atoms with Crippen molar-refractivity contribution in [3.05, 3.63) is 84.4 Å². The highest BCUT2D eigenvalue weighted by Gasteiger charge is 2.29. The van der Waals surface area contributed by atoms with Crippen LogP contribution in [0.2, 0.25) is 0 Å². The molecule has 0 saturated carbocycles. The number of hydrogen-bond acceptors (Lipinski definition) is 6. The number of esters is 1. The van der Waals surface area contributed by atoms with Gasteiger partial charge in [0.1, 0.15) is 12.3 Å². The highest BCUT2D eigenvalue weighted by Crippen LogP contribution is 2.32. The van der Waals surface area contributed by atoms with E-state index >= 15 is 0 Å². The maximum atomic E-state index is 13.4. The number of hydrogen-bond donors (Lipinski definition) is 1. The molecule has 0 radical (unpaired) electrons. The molecule has 0 fully saturated rings. The van der Waals surface area contributed by atoms with Gasteiger partial charge in [-0.05, 0) is 36.4 Å². The molecule has 32 heavy (non-hydrogen) atoms. The van der Waals surface area contributed by atoms with Gasteiger partial charge >= 0.3 is 5.97 Å². The fourth-order valence-corrected chi connectivity index (χ4v) is 4.51. The summed E-state index contributed by atoms with van der Waals surface area (Å²) >= 11 is 0. The molecular formula is C23H22N2O6S. The third-order valence-electron chi connectivity index (χ3n) is 4.58. The first-order valence-electron chi connectivity index (χ1n) is 9.56. The monoisotopic (exact) mass is 454 g/mol. The molecular weight excluding hydrogens is 432 g/mol. The number of nitrogens with zero attached hydrogens (tertiary/aromatic N) is 1. The van der Waals surface area contributed by atoms with Crippen LogP contribution in [-0.4, -0.2) is 41.1 Å². The fourth-order valence-electron chi connectivity index (χ4n) is 3.06. The molecule has 1 amide bonds. The molecule has 0 aliphatic rings. The SMILES string of the molecule is COC(=O)c1ccccc1NC(=O)CN(c1ccccc1OC)S(=O)(=O)c1ccccc1. The molecule has 9 heteroatoms. The lowest BCUT2D eigenvalue weighted by Crippen LogP contribution is -2.38. The Bertz CT molecular complexity index is 1210. The predicted octanol–water partition coefficient (Wildman–Crippen LogP) is 3.32. The van der Waals surface area contributed by atoms with Crippen LogP contribution in [0.1, 0.15) is 10.4 Å². The standard InChI is InChI=1S/C23H22N2O6S/c1-30-21-15-9-8-14-20(21)25(32(28,29)17-10-4-3-5-11-17)16-22(26)24-19-13-7-6-12-18(19)23(27)31-2/h3-15H,16H2,1-2H3,(H,24,26). The maximum Gasteiger partial charge on any atom is 0.339 e. The van der Waals surface area contributed by atoms with Gasteiger partial charge in [-0.3, -0.25) is 9.10 Å². The van der Waals surface area contributed by atoms with Gasteiger partial charge in [-0.15, -0.1) is 0 Å². The number of ether oxygens (including phenoxy) is 2. The van der Waals surface area contributed by atoms with Gasteiger partial charge < -0.3 is 14.8 Å². The van der Waals surface area contributed by atoms with Crippen molar-refractivity contribution in [1.82, 2.24) is 0 Å². The van der Waals surface area contributed by atoms with Gasteiger partial charge in [-0.2, -0.15) is 0 Å². The van der Waals surface area contributed by atoms with Gasteiger partial charge in [-0.1, -0.05) is 42.5 Å². The first-order valence-corrected chi connectivity index (χ1v) is 11.0. The zero-order valence-corrected chi connectivity index (χ0v) is 18.3. The molecule has 3 aromatic carbocycles. The quantitative estimate of drug-likeness (QED) is 0.524. The lowest BCUT2D eigenvalue weighted by Gasteiger charge is -2.25. The smallest absolute Gasteiger partial charge is 0.339 e. The summed E-state index contributed by atoms with van der Waals surface area (Å²) in [7, 11) is -1.46. The Balaban J connectivity index is 1.99. The minimum absolute atomic E-state index is 0.0219. The van der Waals surface area contributed by atoms with Crippen molar-refractivity contribution in [3.63, 3.8) is 0 Å². The summed E-state index contributed by atoms with van der Waals surface area (Å²) in [6, 6.07) is 20.6. The number of carbonyl (C=O) groups is 2. The second kappa shape index (κ2) is 9.97. The minimum atomic E-state index is -4.10. The Morgan fingerprint density at radius 2 is 1.50 bits per heavy atom. The molecule has 3 rings (SSSR count). The number of rotatable bonds is 8. The highest BCUT2D eigenvalue weighted by atomic mass is 32.2. The van der Waals surface area contributed by atoms with E-state index in [4.69, 9.17) is 9.47 Å². The summed E-state index contributed by atoms with van der Waals surface area (Å²) in [4.78, 5) is 24.9. The van der Waals surface area contributed by atoms with Gasteiger partial charge in [0.15, 0.2) is 0 Å². The second-order valence-corrected chi connectivity index (χ2v) is 8.44. The van der Waals surface area contributed by atoms with E-state index in [1.54, 1.807) is 54.6 Å². The predicted molar refractivity (Wildman–Crippen MR) is 120 cm³/mol. The van der Waals surface area contributed by atoms with Gasteiger partial charge in [0.25, 0.3) is 10.0 Å². The number of benzene rings is 3. The molecule has 1 N–H and O–H groups in total. The molecule has 0 unspecified atom stereocenters. The molecule has 0 atom stereocenters. The minimum Gasteiger partial charge on any atom is -0.495 e. The summed E-state index contributed by atoms with van der Waals surface area (Å²) in [6.45, 7) is -0.549. The summed E-state index contributed by atoms with van der Waals surface area (Å²) in [5.74, 6) is -0.985. The van der Waals surface area contributed by atoms with Crippen molar-refractivity contribution in [3.8, 4) is 5.75 Å². The number of sulfonamides is 1. The van der Waals surface area contributed by atoms with Crippen LogP contribution in [0.25, 0.3) is 0 Å². The summed E-state index contributed by atoms with van der Waals surface area (Å²) in [6.07, 6.45) is 0. The molecule has 0 aliphatic heterocycles. The van der Waals surface area contributed by atoms with Crippen LogP contribution in [0.15, 0.2) is 83.8 Å². The molecule has 0 aliphatic carbocycles. The fraction of sp³-hybridized carbons (Fsp3) is 0.130. The lowest BCUT2D eigenvalue weighted by molar-refractivity contribution is -0.114. The van der Waals surface area contributed by atoms with E-state index in [9.17, 15) is 18.0 Å². The molecule has 166 valence electrons. The summed E-state index contributed by atoms with van der Waals surface area (Å²) in [5, 5.41) is 2.60. The number of anilines is 2. The van der Waals surface area contributed by atoms with E-state index in [1.807, 2.05) is 0 Å². The van der Waals surface area contributed by atoms with E-state index in [1.165, 1.54) is 38.5 Å². The van der Waals surface area contributed by atoms with Crippen molar-refractivity contribution in [1.29, 1.82) is 0 Å². The Labute approximate surface area is 186 Å². The topological polar surface area (TPSA) is 102 Å². The molecule has 0 spiro atoms. The average Bonchev–Trinajstić information content (AvgIpc) is 2.83. The van der Waals surface area contributed by atoms with Crippen LogP contribution in [0, 0.1) is 0 Å².